The first-order valence-electron chi connectivity index (χ1n) is 9.32. The van der Waals surface area contributed by atoms with Gasteiger partial charge < -0.3 is 19.4 Å². The molecule has 8 nitrogen and oxygen atoms in total. The van der Waals surface area contributed by atoms with Gasteiger partial charge in [0.2, 0.25) is 0 Å². The molecule has 0 amide bonds. The average Bonchev–Trinajstić information content (AvgIpc) is 2.52. The number of nitrogens with one attached hydrogen (secondary N) is 1. The van der Waals surface area contributed by atoms with Gasteiger partial charge in [-0.1, -0.05) is 6.07 Å². The lowest BCUT2D eigenvalue weighted by molar-refractivity contribution is -0.991. The largest absolute Gasteiger partial charge is 0.595 e. The van der Waals surface area contributed by atoms with Gasteiger partial charge in [-0.15, -0.1) is 0 Å². The Labute approximate surface area is 167 Å². The van der Waals surface area contributed by atoms with Crippen molar-refractivity contribution >= 4 is 11.7 Å². The Morgan fingerprint density at radius 2 is 1.86 bits per heavy atom. The summed E-state index contributed by atoms with van der Waals surface area (Å²) in [5.74, 6) is 0.111. The summed E-state index contributed by atoms with van der Waals surface area (Å²) in [6.07, 6.45) is 0. The van der Waals surface area contributed by atoms with Crippen LogP contribution in [0.15, 0.2) is 24.3 Å². The van der Waals surface area contributed by atoms with Gasteiger partial charge in [0.1, 0.15) is 24.0 Å². The van der Waals surface area contributed by atoms with E-state index < -0.39 is 16.9 Å². The van der Waals surface area contributed by atoms with Crippen LogP contribution in [0.4, 0.5) is 5.69 Å². The normalized spacial score (nSPS) is 14.6. The van der Waals surface area contributed by atoms with Crippen LogP contribution in [0.1, 0.15) is 41.5 Å². The van der Waals surface area contributed by atoms with E-state index in [9.17, 15) is 10.0 Å². The predicted molar refractivity (Wildman–Crippen MR) is 106 cm³/mol. The number of quaternary nitrogens is 1. The number of hydrogen-bond donors (Lipinski definition) is 2. The van der Waals surface area contributed by atoms with Crippen LogP contribution in [0.5, 0.6) is 5.75 Å². The summed E-state index contributed by atoms with van der Waals surface area (Å²) in [5.41, 5.74) is -0.809. The molecule has 160 valence electrons. The van der Waals surface area contributed by atoms with E-state index in [0.29, 0.717) is 12.3 Å². The summed E-state index contributed by atoms with van der Waals surface area (Å²) in [7, 11) is 1.80. The number of hydrogen-bond acceptors (Lipinski definition) is 7. The zero-order valence-corrected chi connectivity index (χ0v) is 17.9. The van der Waals surface area contributed by atoms with Crippen LogP contribution in [-0.4, -0.2) is 60.1 Å². The van der Waals surface area contributed by atoms with Crippen molar-refractivity contribution < 1.29 is 29.4 Å². The number of benzene rings is 1. The first-order chi connectivity index (χ1) is 12.8. The third-order valence-corrected chi connectivity index (χ3v) is 3.68. The number of nitrogens with zero attached hydrogens (tertiary/aromatic N) is 1. The van der Waals surface area contributed by atoms with Crippen molar-refractivity contribution in [3.05, 3.63) is 29.5 Å². The van der Waals surface area contributed by atoms with Crippen molar-refractivity contribution in [3.63, 3.8) is 0 Å². The number of carbonyl (C=O) groups is 1. The van der Waals surface area contributed by atoms with Crippen LogP contribution in [-0.2, 0) is 14.3 Å². The molecule has 0 aromatic heterocycles. The molecule has 1 rings (SSSR count). The minimum Gasteiger partial charge on any atom is -0.595 e. The second kappa shape index (κ2) is 10.2. The van der Waals surface area contributed by atoms with Gasteiger partial charge in [0.25, 0.3) is 0 Å². The van der Waals surface area contributed by atoms with E-state index >= 15 is 0 Å². The third-order valence-electron chi connectivity index (χ3n) is 3.68. The van der Waals surface area contributed by atoms with E-state index in [0.717, 1.165) is 0 Å². The molecule has 0 aliphatic heterocycles. The molecule has 1 aromatic rings. The van der Waals surface area contributed by atoms with Gasteiger partial charge in [-0.2, -0.15) is 5.23 Å². The van der Waals surface area contributed by atoms with Gasteiger partial charge in [-0.3, -0.25) is 9.69 Å². The molecule has 0 saturated heterocycles. The van der Waals surface area contributed by atoms with E-state index in [1.165, 1.54) is 12.1 Å². The lowest BCUT2D eigenvalue weighted by Crippen LogP contribution is -2.99. The quantitative estimate of drug-likeness (QED) is 0.485. The molecule has 0 fully saturated rings. The molecule has 0 saturated carbocycles. The van der Waals surface area contributed by atoms with Crippen molar-refractivity contribution in [2.24, 2.45) is 0 Å². The Kier molecular flexibility index (Phi) is 8.84. The van der Waals surface area contributed by atoms with Crippen LogP contribution >= 0.6 is 0 Å². The van der Waals surface area contributed by atoms with E-state index in [1.807, 2.05) is 46.4 Å². The lowest BCUT2D eigenvalue weighted by atomic mass is 10.1. The summed E-state index contributed by atoms with van der Waals surface area (Å²) in [5, 5.41) is 19.1. The van der Waals surface area contributed by atoms with Gasteiger partial charge in [0.15, 0.2) is 5.69 Å². The van der Waals surface area contributed by atoms with Crippen molar-refractivity contribution in [1.82, 2.24) is 4.90 Å². The molecule has 28 heavy (non-hydrogen) atoms. The molecule has 0 radical (unpaired) electrons. The summed E-state index contributed by atoms with van der Waals surface area (Å²) in [6.45, 7) is 12.2. The van der Waals surface area contributed by atoms with Crippen LogP contribution in [0, 0.1) is 5.21 Å². The van der Waals surface area contributed by atoms with Crippen LogP contribution in [0.25, 0.3) is 0 Å². The standard InChI is InChI=1S/C20H34N2O6/c1-19(2,3)27-14-17(18(23)28-20(4,5)6)21(7)11-12-26-16-10-8-9-15(13-16)22(24)25/h8-10,13,17,22,24H,11-12,14H2,1-7H3/t17-/m0/s1. The Morgan fingerprint density at radius 3 is 2.39 bits per heavy atom. The number of likely N-dealkylation sites (N-methyl/N-ethyl adjacent to an activating group) is 1. The highest BCUT2D eigenvalue weighted by atomic mass is 16.8. The Balaban J connectivity index is 2.70. The van der Waals surface area contributed by atoms with Crippen molar-refractivity contribution in [2.45, 2.75) is 58.8 Å². The fourth-order valence-corrected chi connectivity index (χ4v) is 2.26. The Hall–Kier alpha value is -1.71. The monoisotopic (exact) mass is 398 g/mol. The highest BCUT2D eigenvalue weighted by Crippen LogP contribution is 2.16. The SMILES string of the molecule is CN(CCOc1cccc([NH+]([O-])O)c1)[C@@H](COC(C)(C)C)C(=O)OC(C)(C)C. The predicted octanol–water partition coefficient (Wildman–Crippen LogP) is 1.93. The summed E-state index contributed by atoms with van der Waals surface area (Å²) >= 11 is 0. The topological polar surface area (TPSA) is 95.7 Å². The first kappa shape index (κ1) is 24.3. The molecule has 0 bridgehead atoms. The molecule has 0 spiro atoms. The Bertz CT molecular complexity index is 622. The maximum Gasteiger partial charge on any atom is 0.326 e. The van der Waals surface area contributed by atoms with Crippen LogP contribution in [0.3, 0.4) is 0 Å². The van der Waals surface area contributed by atoms with E-state index in [1.54, 1.807) is 19.2 Å². The van der Waals surface area contributed by atoms with Gasteiger partial charge in [-0.05, 0) is 54.7 Å². The fraction of sp³-hybridized carbons (Fsp3) is 0.650. The maximum absolute atomic E-state index is 12.6. The molecular formula is C20H34N2O6. The first-order valence-corrected chi connectivity index (χ1v) is 9.32. The summed E-state index contributed by atoms with van der Waals surface area (Å²) in [4.78, 5) is 14.4. The second-order valence-corrected chi connectivity index (χ2v) is 8.63. The van der Waals surface area contributed by atoms with Crippen molar-refractivity contribution in [1.29, 1.82) is 0 Å². The molecule has 2 N–H and O–H groups in total. The molecule has 0 aliphatic rings. The summed E-state index contributed by atoms with van der Waals surface area (Å²) in [6, 6.07) is 5.72. The minimum atomic E-state index is -1.01. The number of rotatable bonds is 9. The zero-order chi connectivity index (χ0) is 21.5. The number of esters is 1. The lowest BCUT2D eigenvalue weighted by Gasteiger charge is -2.31. The third kappa shape index (κ3) is 9.48. The fourth-order valence-electron chi connectivity index (χ4n) is 2.26. The average molecular weight is 399 g/mol. The van der Waals surface area contributed by atoms with E-state index in [4.69, 9.17) is 19.4 Å². The smallest absolute Gasteiger partial charge is 0.326 e. The molecular weight excluding hydrogens is 364 g/mol. The van der Waals surface area contributed by atoms with E-state index in [2.05, 4.69) is 0 Å². The van der Waals surface area contributed by atoms with Gasteiger partial charge in [-0.25, -0.2) is 5.21 Å². The molecule has 0 aliphatic carbocycles. The second-order valence-electron chi connectivity index (χ2n) is 8.63. The van der Waals surface area contributed by atoms with Gasteiger partial charge >= 0.3 is 5.97 Å². The van der Waals surface area contributed by atoms with Crippen LogP contribution in [0.2, 0.25) is 0 Å². The highest BCUT2D eigenvalue weighted by Gasteiger charge is 2.30. The number of ether oxygens (including phenoxy) is 3. The zero-order valence-electron chi connectivity index (χ0n) is 17.9. The van der Waals surface area contributed by atoms with Crippen molar-refractivity contribution in [2.75, 3.05) is 26.8 Å². The molecule has 1 aromatic carbocycles. The molecule has 8 heteroatoms. The van der Waals surface area contributed by atoms with Gasteiger partial charge in [0.05, 0.1) is 12.2 Å². The molecule has 2 atom stereocenters. The molecule has 1 unspecified atom stereocenters. The highest BCUT2D eigenvalue weighted by molar-refractivity contribution is 5.76. The Morgan fingerprint density at radius 1 is 1.21 bits per heavy atom. The van der Waals surface area contributed by atoms with E-state index in [-0.39, 0.29) is 30.5 Å². The number of carbonyl (C=O) groups excluding carboxylic acids is 1. The summed E-state index contributed by atoms with van der Waals surface area (Å²) < 4.78 is 17.0. The maximum atomic E-state index is 12.6. The molecule has 0 heterocycles. The van der Waals surface area contributed by atoms with Crippen LogP contribution < -0.4 is 9.96 Å². The van der Waals surface area contributed by atoms with Crippen molar-refractivity contribution in [3.8, 4) is 5.75 Å². The van der Waals surface area contributed by atoms with Gasteiger partial charge in [0, 0.05) is 18.7 Å². The minimum absolute atomic E-state index is 0.163.